The van der Waals surface area contributed by atoms with Crippen molar-refractivity contribution in [2.45, 2.75) is 39.7 Å². The summed E-state index contributed by atoms with van der Waals surface area (Å²) in [7, 11) is 0. The fourth-order valence-electron chi connectivity index (χ4n) is 1.90. The molecule has 0 bridgehead atoms. The van der Waals surface area contributed by atoms with Crippen molar-refractivity contribution in [2.24, 2.45) is 5.92 Å². The first kappa shape index (κ1) is 14.5. The highest BCUT2D eigenvalue weighted by Gasteiger charge is 2.17. The Morgan fingerprint density at radius 3 is 2.65 bits per heavy atom. The Morgan fingerprint density at radius 2 is 2.06 bits per heavy atom. The van der Waals surface area contributed by atoms with Gasteiger partial charge in [-0.2, -0.15) is 0 Å². The van der Waals surface area contributed by atoms with Crippen LogP contribution in [-0.2, 0) is 0 Å². The molecule has 0 amide bonds. The number of hydrogen-bond donors (Lipinski definition) is 1. The summed E-state index contributed by atoms with van der Waals surface area (Å²) in [5.74, 6) is 0.228. The van der Waals surface area contributed by atoms with Crippen molar-refractivity contribution < 1.29 is 4.39 Å². The molecule has 3 heteroatoms. The lowest BCUT2D eigenvalue weighted by Gasteiger charge is -2.21. The summed E-state index contributed by atoms with van der Waals surface area (Å²) in [6.45, 7) is 7.28. The summed E-state index contributed by atoms with van der Waals surface area (Å²) < 4.78 is 14.0. The van der Waals surface area contributed by atoms with Crippen LogP contribution in [0.1, 0.15) is 45.2 Å². The molecule has 0 aromatic heterocycles. The van der Waals surface area contributed by atoms with E-state index in [1.54, 1.807) is 6.07 Å². The molecule has 1 unspecified atom stereocenters. The van der Waals surface area contributed by atoms with Gasteiger partial charge < -0.3 is 5.32 Å². The van der Waals surface area contributed by atoms with Crippen molar-refractivity contribution >= 4 is 11.6 Å². The Balaban J connectivity index is 2.90. The Morgan fingerprint density at radius 1 is 1.35 bits per heavy atom. The normalized spacial score (nSPS) is 13.1. The molecule has 0 saturated heterocycles. The average molecular weight is 258 g/mol. The number of hydrogen-bond acceptors (Lipinski definition) is 1. The van der Waals surface area contributed by atoms with E-state index in [0.29, 0.717) is 11.5 Å². The van der Waals surface area contributed by atoms with Crippen molar-refractivity contribution in [3.8, 4) is 0 Å². The summed E-state index contributed by atoms with van der Waals surface area (Å²) in [4.78, 5) is 0. The molecule has 1 N–H and O–H groups in total. The first-order chi connectivity index (χ1) is 8.06. The summed E-state index contributed by atoms with van der Waals surface area (Å²) in [5.41, 5.74) is 0.680. The zero-order valence-electron chi connectivity index (χ0n) is 10.8. The second kappa shape index (κ2) is 6.97. The van der Waals surface area contributed by atoms with E-state index in [9.17, 15) is 4.39 Å². The van der Waals surface area contributed by atoms with Crippen LogP contribution in [0.4, 0.5) is 4.39 Å². The molecule has 1 aromatic carbocycles. The third kappa shape index (κ3) is 4.29. The van der Waals surface area contributed by atoms with Crippen LogP contribution in [0.3, 0.4) is 0 Å². The Bertz CT molecular complexity index is 352. The van der Waals surface area contributed by atoms with Crippen LogP contribution >= 0.6 is 11.6 Å². The highest BCUT2D eigenvalue weighted by Crippen LogP contribution is 2.27. The highest BCUT2D eigenvalue weighted by molar-refractivity contribution is 6.30. The van der Waals surface area contributed by atoms with Gasteiger partial charge in [-0.1, -0.05) is 44.5 Å². The highest BCUT2D eigenvalue weighted by atomic mass is 35.5. The molecule has 0 aliphatic rings. The molecule has 0 fully saturated rings. The molecular formula is C14H21ClFN. The lowest BCUT2D eigenvalue weighted by Crippen LogP contribution is -2.24. The van der Waals surface area contributed by atoms with E-state index >= 15 is 0 Å². The second-order valence-electron chi connectivity index (χ2n) is 4.78. The number of benzene rings is 1. The molecule has 1 aromatic rings. The van der Waals surface area contributed by atoms with Crippen LogP contribution in [0.2, 0.25) is 5.02 Å². The minimum absolute atomic E-state index is 0.0497. The van der Waals surface area contributed by atoms with Gasteiger partial charge >= 0.3 is 0 Å². The molecule has 0 aliphatic heterocycles. The van der Waals surface area contributed by atoms with Crippen molar-refractivity contribution in [3.63, 3.8) is 0 Å². The Kier molecular flexibility index (Phi) is 5.93. The van der Waals surface area contributed by atoms with Crippen LogP contribution < -0.4 is 5.32 Å². The predicted octanol–water partition coefficient (Wildman–Crippen LogP) is 4.57. The van der Waals surface area contributed by atoms with Crippen molar-refractivity contribution in [2.75, 3.05) is 6.54 Å². The van der Waals surface area contributed by atoms with Gasteiger partial charge in [0.25, 0.3) is 0 Å². The fourth-order valence-corrected chi connectivity index (χ4v) is 2.08. The van der Waals surface area contributed by atoms with E-state index in [0.717, 1.165) is 19.4 Å². The standard InChI is InChI=1S/C14H21ClFN/c1-4-8-17-13(9-10(2)3)11-6-5-7-12(15)14(11)16/h5-7,10,13,17H,4,8-9H2,1-3H3. The minimum Gasteiger partial charge on any atom is -0.310 e. The van der Waals surface area contributed by atoms with Gasteiger partial charge in [0.1, 0.15) is 5.82 Å². The molecule has 1 rings (SSSR count). The van der Waals surface area contributed by atoms with Crippen LogP contribution in [0.15, 0.2) is 18.2 Å². The van der Waals surface area contributed by atoms with Gasteiger partial charge in [0.2, 0.25) is 0 Å². The van der Waals surface area contributed by atoms with Crippen molar-refractivity contribution in [3.05, 3.63) is 34.6 Å². The molecule has 0 spiro atoms. The van der Waals surface area contributed by atoms with Gasteiger partial charge in [-0.25, -0.2) is 4.39 Å². The molecule has 17 heavy (non-hydrogen) atoms. The topological polar surface area (TPSA) is 12.0 Å². The zero-order chi connectivity index (χ0) is 12.8. The average Bonchev–Trinajstić information content (AvgIpc) is 2.28. The van der Waals surface area contributed by atoms with Gasteiger partial charge in [-0.3, -0.25) is 0 Å². The zero-order valence-corrected chi connectivity index (χ0v) is 11.5. The molecule has 1 nitrogen and oxygen atoms in total. The lowest BCUT2D eigenvalue weighted by atomic mass is 9.96. The minimum atomic E-state index is -0.289. The SMILES string of the molecule is CCCNC(CC(C)C)c1cccc(Cl)c1F. The number of rotatable bonds is 6. The van der Waals surface area contributed by atoms with E-state index in [1.165, 1.54) is 0 Å². The molecular weight excluding hydrogens is 237 g/mol. The van der Waals surface area contributed by atoms with Crippen LogP contribution in [0.5, 0.6) is 0 Å². The van der Waals surface area contributed by atoms with E-state index in [-0.39, 0.29) is 16.9 Å². The van der Waals surface area contributed by atoms with Crippen molar-refractivity contribution in [1.29, 1.82) is 0 Å². The third-order valence-corrected chi connectivity index (χ3v) is 3.00. The van der Waals surface area contributed by atoms with E-state index in [1.807, 2.05) is 12.1 Å². The van der Waals surface area contributed by atoms with Crippen molar-refractivity contribution in [1.82, 2.24) is 5.32 Å². The molecule has 1 atom stereocenters. The molecule has 0 radical (unpaired) electrons. The summed E-state index contributed by atoms with van der Waals surface area (Å²) in [5, 5.41) is 3.59. The Hall–Kier alpha value is -0.600. The van der Waals surface area contributed by atoms with Gasteiger partial charge in [0, 0.05) is 11.6 Å². The lowest BCUT2D eigenvalue weighted by molar-refractivity contribution is 0.416. The number of nitrogens with one attached hydrogen (secondary N) is 1. The van der Waals surface area contributed by atoms with Crippen LogP contribution in [0.25, 0.3) is 0 Å². The van der Waals surface area contributed by atoms with Crippen LogP contribution in [-0.4, -0.2) is 6.54 Å². The maximum atomic E-state index is 14.0. The molecule has 96 valence electrons. The molecule has 0 heterocycles. The quantitative estimate of drug-likeness (QED) is 0.787. The maximum absolute atomic E-state index is 14.0. The Labute approximate surface area is 108 Å². The fraction of sp³-hybridized carbons (Fsp3) is 0.571. The van der Waals surface area contributed by atoms with E-state index in [4.69, 9.17) is 11.6 Å². The summed E-state index contributed by atoms with van der Waals surface area (Å²) in [6, 6.07) is 5.26. The second-order valence-corrected chi connectivity index (χ2v) is 5.19. The van der Waals surface area contributed by atoms with Gasteiger partial charge in [0.05, 0.1) is 5.02 Å². The smallest absolute Gasteiger partial charge is 0.146 e. The van der Waals surface area contributed by atoms with Crippen LogP contribution in [0, 0.1) is 11.7 Å². The maximum Gasteiger partial charge on any atom is 0.146 e. The first-order valence-electron chi connectivity index (χ1n) is 6.23. The largest absolute Gasteiger partial charge is 0.310 e. The predicted molar refractivity (Wildman–Crippen MR) is 71.9 cm³/mol. The van der Waals surface area contributed by atoms with Gasteiger partial charge in [0.15, 0.2) is 0 Å². The monoisotopic (exact) mass is 257 g/mol. The molecule has 0 aliphatic carbocycles. The summed E-state index contributed by atoms with van der Waals surface area (Å²) in [6.07, 6.45) is 1.95. The first-order valence-corrected chi connectivity index (χ1v) is 6.61. The number of halogens is 2. The van der Waals surface area contributed by atoms with Gasteiger partial charge in [-0.15, -0.1) is 0 Å². The third-order valence-electron chi connectivity index (χ3n) is 2.70. The van der Waals surface area contributed by atoms with E-state index in [2.05, 4.69) is 26.1 Å². The van der Waals surface area contributed by atoms with Gasteiger partial charge in [-0.05, 0) is 31.4 Å². The van der Waals surface area contributed by atoms with E-state index < -0.39 is 0 Å². The molecule has 0 saturated carbocycles. The summed E-state index contributed by atoms with van der Waals surface area (Å²) >= 11 is 5.83.